The van der Waals surface area contributed by atoms with Crippen LogP contribution in [0, 0.1) is 0 Å². The van der Waals surface area contributed by atoms with Crippen molar-refractivity contribution in [1.82, 2.24) is 0 Å². The Morgan fingerprint density at radius 2 is 2.00 bits per heavy atom. The van der Waals surface area contributed by atoms with Crippen LogP contribution in [0.2, 0.25) is 0 Å². The highest BCUT2D eigenvalue weighted by atomic mass is 16.5. The Morgan fingerprint density at radius 1 is 1.38 bits per heavy atom. The first-order valence-electron chi connectivity index (χ1n) is 4.23. The minimum atomic E-state index is 0.836. The van der Waals surface area contributed by atoms with E-state index in [9.17, 15) is 0 Å². The van der Waals surface area contributed by atoms with E-state index >= 15 is 0 Å². The number of benzene rings is 1. The van der Waals surface area contributed by atoms with E-state index in [1.54, 1.807) is 7.11 Å². The van der Waals surface area contributed by atoms with Crippen molar-refractivity contribution in [3.05, 3.63) is 29.8 Å². The molecule has 0 aliphatic heterocycles. The number of methoxy groups -OCH3 is 1. The van der Waals surface area contributed by atoms with Gasteiger partial charge in [-0.3, -0.25) is 0 Å². The minimum absolute atomic E-state index is 0.836. The van der Waals surface area contributed by atoms with Gasteiger partial charge in [0.25, 0.3) is 0 Å². The topological polar surface area (TPSA) is 47.6 Å². The van der Waals surface area contributed by atoms with Gasteiger partial charge >= 0.3 is 0 Å². The molecule has 3 nitrogen and oxygen atoms in total. The molecule has 0 aliphatic carbocycles. The van der Waals surface area contributed by atoms with Gasteiger partial charge in [0.05, 0.1) is 12.8 Å². The van der Waals surface area contributed by atoms with Crippen molar-refractivity contribution in [2.45, 2.75) is 13.3 Å². The number of ether oxygens (including phenoxy) is 1. The first-order valence-corrected chi connectivity index (χ1v) is 4.23. The van der Waals surface area contributed by atoms with Crippen molar-refractivity contribution < 1.29 is 4.74 Å². The lowest BCUT2D eigenvalue weighted by Gasteiger charge is -2.03. The Hall–Kier alpha value is -1.51. The van der Waals surface area contributed by atoms with Crippen LogP contribution in [0.4, 0.5) is 0 Å². The smallest absolute Gasteiger partial charge is 0.118 e. The summed E-state index contributed by atoms with van der Waals surface area (Å²) in [5.41, 5.74) is 1.95. The summed E-state index contributed by atoms with van der Waals surface area (Å²) in [5, 5.41) is 3.71. The summed E-state index contributed by atoms with van der Waals surface area (Å²) in [5.74, 6) is 6.09. The minimum Gasteiger partial charge on any atom is -0.497 e. The molecule has 0 heterocycles. The van der Waals surface area contributed by atoms with Crippen LogP contribution >= 0.6 is 0 Å². The molecule has 1 aromatic rings. The highest BCUT2D eigenvalue weighted by Crippen LogP contribution is 2.12. The molecule has 3 heteroatoms. The predicted octanol–water partition coefficient (Wildman–Crippen LogP) is 1.77. The van der Waals surface area contributed by atoms with Crippen molar-refractivity contribution >= 4 is 5.71 Å². The van der Waals surface area contributed by atoms with Crippen LogP contribution in [0.25, 0.3) is 0 Å². The number of nitrogens with two attached hydrogens (primary N) is 1. The van der Waals surface area contributed by atoms with Crippen LogP contribution in [0.3, 0.4) is 0 Å². The van der Waals surface area contributed by atoms with E-state index in [-0.39, 0.29) is 0 Å². The second-order valence-corrected chi connectivity index (χ2v) is 2.66. The van der Waals surface area contributed by atoms with Gasteiger partial charge in [-0.15, -0.1) is 0 Å². The predicted molar refractivity (Wildman–Crippen MR) is 54.0 cm³/mol. The van der Waals surface area contributed by atoms with Crippen molar-refractivity contribution in [3.63, 3.8) is 0 Å². The largest absolute Gasteiger partial charge is 0.497 e. The number of hydrogen-bond acceptors (Lipinski definition) is 3. The molecule has 0 amide bonds. The maximum atomic E-state index is 5.24. The molecule has 70 valence electrons. The monoisotopic (exact) mass is 178 g/mol. The average Bonchev–Trinajstić information content (AvgIpc) is 2.21. The van der Waals surface area contributed by atoms with Gasteiger partial charge in [0.2, 0.25) is 0 Å². The molecule has 0 unspecified atom stereocenters. The third-order valence-electron chi connectivity index (χ3n) is 1.91. The second-order valence-electron chi connectivity index (χ2n) is 2.66. The fourth-order valence-electron chi connectivity index (χ4n) is 1.15. The van der Waals surface area contributed by atoms with Crippen molar-refractivity contribution in [2.24, 2.45) is 10.9 Å². The van der Waals surface area contributed by atoms with Crippen molar-refractivity contribution in [3.8, 4) is 5.75 Å². The molecule has 1 aromatic carbocycles. The SMILES string of the molecule is CCC(=NN)c1ccc(OC)cc1. The van der Waals surface area contributed by atoms with Crippen molar-refractivity contribution in [2.75, 3.05) is 7.11 Å². The van der Waals surface area contributed by atoms with Crippen LogP contribution in [0.15, 0.2) is 29.4 Å². The van der Waals surface area contributed by atoms with Crippen LogP contribution in [0.5, 0.6) is 5.75 Å². The van der Waals surface area contributed by atoms with E-state index in [0.717, 1.165) is 23.4 Å². The lowest BCUT2D eigenvalue weighted by Crippen LogP contribution is -2.02. The quantitative estimate of drug-likeness (QED) is 0.435. The zero-order valence-corrected chi connectivity index (χ0v) is 7.95. The third-order valence-corrected chi connectivity index (χ3v) is 1.91. The van der Waals surface area contributed by atoms with E-state index in [0.29, 0.717) is 0 Å². The summed E-state index contributed by atoms with van der Waals surface area (Å²) in [6, 6.07) is 7.70. The summed E-state index contributed by atoms with van der Waals surface area (Å²) >= 11 is 0. The zero-order chi connectivity index (χ0) is 9.68. The molecule has 13 heavy (non-hydrogen) atoms. The Labute approximate surface area is 78.2 Å². The molecule has 0 fully saturated rings. The van der Waals surface area contributed by atoms with Gasteiger partial charge in [-0.1, -0.05) is 6.92 Å². The highest BCUT2D eigenvalue weighted by molar-refractivity contribution is 6.00. The molecular weight excluding hydrogens is 164 g/mol. The normalized spacial score (nSPS) is 11.4. The maximum absolute atomic E-state index is 5.24. The van der Waals surface area contributed by atoms with Crippen LogP contribution in [-0.4, -0.2) is 12.8 Å². The van der Waals surface area contributed by atoms with Crippen LogP contribution in [-0.2, 0) is 0 Å². The van der Waals surface area contributed by atoms with Gasteiger partial charge in [0.15, 0.2) is 0 Å². The Bertz CT molecular complexity index is 290. The molecule has 0 spiro atoms. The lowest BCUT2D eigenvalue weighted by atomic mass is 10.1. The van der Waals surface area contributed by atoms with Gasteiger partial charge < -0.3 is 10.6 Å². The van der Waals surface area contributed by atoms with Gasteiger partial charge in [0, 0.05) is 0 Å². The molecule has 0 atom stereocenters. The van der Waals surface area contributed by atoms with Crippen LogP contribution < -0.4 is 10.6 Å². The fourth-order valence-corrected chi connectivity index (χ4v) is 1.15. The summed E-state index contributed by atoms with van der Waals surface area (Å²) in [7, 11) is 1.65. The maximum Gasteiger partial charge on any atom is 0.118 e. The Kier molecular flexibility index (Phi) is 3.31. The van der Waals surface area contributed by atoms with Gasteiger partial charge in [-0.05, 0) is 36.2 Å². The summed E-state index contributed by atoms with van der Waals surface area (Å²) < 4.78 is 5.05. The molecule has 0 aromatic heterocycles. The van der Waals surface area contributed by atoms with E-state index in [1.165, 1.54) is 0 Å². The summed E-state index contributed by atoms with van der Waals surface area (Å²) in [4.78, 5) is 0. The number of hydrazone groups is 1. The number of hydrogen-bond donors (Lipinski definition) is 1. The van der Waals surface area contributed by atoms with E-state index < -0.39 is 0 Å². The lowest BCUT2D eigenvalue weighted by molar-refractivity contribution is 0.415. The van der Waals surface area contributed by atoms with E-state index in [2.05, 4.69) is 5.10 Å². The zero-order valence-electron chi connectivity index (χ0n) is 7.95. The molecule has 1 rings (SSSR count). The molecular formula is C10H14N2O. The Balaban J connectivity index is 2.91. The molecule has 0 bridgehead atoms. The van der Waals surface area contributed by atoms with Gasteiger partial charge in [0.1, 0.15) is 5.75 Å². The van der Waals surface area contributed by atoms with Crippen molar-refractivity contribution in [1.29, 1.82) is 0 Å². The standard InChI is InChI=1S/C10H14N2O/c1-3-10(12-11)8-4-6-9(13-2)7-5-8/h4-7H,3,11H2,1-2H3. The fraction of sp³-hybridized carbons (Fsp3) is 0.300. The first-order chi connectivity index (χ1) is 6.31. The van der Waals surface area contributed by atoms with E-state index in [1.807, 2.05) is 31.2 Å². The molecule has 0 radical (unpaired) electrons. The van der Waals surface area contributed by atoms with Gasteiger partial charge in [-0.25, -0.2) is 0 Å². The molecule has 0 saturated carbocycles. The highest BCUT2D eigenvalue weighted by Gasteiger charge is 1.99. The second kappa shape index (κ2) is 4.50. The molecule has 0 saturated heterocycles. The summed E-state index contributed by atoms with van der Waals surface area (Å²) in [6.45, 7) is 2.02. The van der Waals surface area contributed by atoms with Gasteiger partial charge in [-0.2, -0.15) is 5.10 Å². The average molecular weight is 178 g/mol. The summed E-state index contributed by atoms with van der Waals surface area (Å²) in [6.07, 6.45) is 0.836. The number of nitrogens with zero attached hydrogens (tertiary/aromatic N) is 1. The van der Waals surface area contributed by atoms with Crippen LogP contribution in [0.1, 0.15) is 18.9 Å². The third kappa shape index (κ3) is 2.21. The Morgan fingerprint density at radius 3 is 2.38 bits per heavy atom. The van der Waals surface area contributed by atoms with E-state index in [4.69, 9.17) is 10.6 Å². The molecule has 0 aliphatic rings. The first kappa shape index (κ1) is 9.58. The molecule has 2 N–H and O–H groups in total. The number of rotatable bonds is 3.